The lowest BCUT2D eigenvalue weighted by molar-refractivity contribution is -0.113. The number of nitrogens with two attached hydrogens (primary N) is 1. The molecule has 4 nitrogen and oxygen atoms in total. The van der Waals surface area contributed by atoms with E-state index in [4.69, 9.17) is 5.73 Å². The van der Waals surface area contributed by atoms with Crippen LogP contribution >= 0.6 is 15.9 Å². The molecular weight excluding hydrogens is 316 g/mol. The maximum Gasteiger partial charge on any atom is 0.237 e. The van der Waals surface area contributed by atoms with Gasteiger partial charge < -0.3 is 11.1 Å². The Bertz CT molecular complexity index is 483. The lowest BCUT2D eigenvalue weighted by Crippen LogP contribution is -2.30. The van der Waals surface area contributed by atoms with Crippen molar-refractivity contribution in [1.29, 1.82) is 0 Å². The van der Waals surface area contributed by atoms with Crippen molar-refractivity contribution in [2.45, 2.75) is 25.5 Å². The van der Waals surface area contributed by atoms with Gasteiger partial charge in [-0.15, -0.1) is 0 Å². The van der Waals surface area contributed by atoms with Crippen LogP contribution in [0.25, 0.3) is 0 Å². The second-order valence-corrected chi connectivity index (χ2v) is 7.95. The predicted octanol–water partition coefficient (Wildman–Crippen LogP) is 2.52. The Morgan fingerprint density at radius 3 is 2.56 bits per heavy atom. The third-order valence-corrected chi connectivity index (χ3v) is 4.76. The summed E-state index contributed by atoms with van der Waals surface area (Å²) in [6, 6.07) is 5.11. The molecule has 0 aliphatic heterocycles. The second kappa shape index (κ2) is 5.84. The summed E-state index contributed by atoms with van der Waals surface area (Å²) in [5, 5.41) is 2.71. The standard InChI is InChI=1S/C12H17BrN2O2S/c1-12(2,3)18(17)7-11(16)15-10-5-4-8(14)6-9(10)13/h4-6H,7,14H2,1-3H3,(H,15,16). The fourth-order valence-corrected chi connectivity index (χ4v) is 2.39. The van der Waals surface area contributed by atoms with Crippen molar-refractivity contribution in [3.8, 4) is 0 Å². The van der Waals surface area contributed by atoms with E-state index in [9.17, 15) is 9.00 Å². The summed E-state index contributed by atoms with van der Waals surface area (Å²) in [4.78, 5) is 11.8. The second-order valence-electron chi connectivity index (χ2n) is 4.89. The average molecular weight is 333 g/mol. The van der Waals surface area contributed by atoms with Gasteiger partial charge in [-0.1, -0.05) is 0 Å². The lowest BCUT2D eigenvalue weighted by atomic mass is 10.3. The van der Waals surface area contributed by atoms with Crippen LogP contribution in [0.15, 0.2) is 22.7 Å². The number of nitrogen functional groups attached to an aromatic ring is 1. The normalized spacial score (nSPS) is 13.1. The molecule has 0 bridgehead atoms. The smallest absolute Gasteiger partial charge is 0.237 e. The first-order chi connectivity index (χ1) is 8.20. The molecule has 6 heteroatoms. The van der Waals surface area contributed by atoms with E-state index in [1.54, 1.807) is 18.2 Å². The van der Waals surface area contributed by atoms with Crippen molar-refractivity contribution < 1.29 is 9.00 Å². The Morgan fingerprint density at radius 1 is 1.44 bits per heavy atom. The van der Waals surface area contributed by atoms with Gasteiger partial charge >= 0.3 is 0 Å². The molecule has 1 aromatic carbocycles. The lowest BCUT2D eigenvalue weighted by Gasteiger charge is -2.17. The largest absolute Gasteiger partial charge is 0.399 e. The quantitative estimate of drug-likeness (QED) is 0.835. The highest BCUT2D eigenvalue weighted by atomic mass is 79.9. The van der Waals surface area contributed by atoms with Crippen LogP contribution in [-0.2, 0) is 15.6 Å². The summed E-state index contributed by atoms with van der Waals surface area (Å²) in [5.74, 6) is -0.283. The monoisotopic (exact) mass is 332 g/mol. The molecule has 1 rings (SSSR count). The molecular formula is C12H17BrN2O2S. The molecule has 0 saturated heterocycles. The van der Waals surface area contributed by atoms with Crippen molar-refractivity contribution in [2.24, 2.45) is 0 Å². The third kappa shape index (κ3) is 4.42. The van der Waals surface area contributed by atoms with Gasteiger partial charge in [0, 0.05) is 25.7 Å². The number of benzene rings is 1. The van der Waals surface area contributed by atoms with E-state index in [2.05, 4.69) is 21.2 Å². The zero-order valence-corrected chi connectivity index (χ0v) is 13.0. The molecule has 1 aromatic rings. The Labute approximate surface area is 118 Å². The zero-order valence-electron chi connectivity index (χ0n) is 10.6. The molecule has 0 aliphatic rings. The summed E-state index contributed by atoms with van der Waals surface area (Å²) in [6.07, 6.45) is 0. The van der Waals surface area contributed by atoms with Crippen molar-refractivity contribution >= 4 is 44.0 Å². The summed E-state index contributed by atoms with van der Waals surface area (Å²) in [7, 11) is -1.20. The summed E-state index contributed by atoms with van der Waals surface area (Å²) in [6.45, 7) is 5.53. The Hall–Kier alpha value is -0.880. The minimum absolute atomic E-state index is 0.0136. The predicted molar refractivity (Wildman–Crippen MR) is 79.9 cm³/mol. The fourth-order valence-electron chi connectivity index (χ4n) is 1.15. The van der Waals surface area contributed by atoms with E-state index < -0.39 is 15.5 Å². The first-order valence-electron chi connectivity index (χ1n) is 5.43. The van der Waals surface area contributed by atoms with Crippen molar-refractivity contribution in [1.82, 2.24) is 0 Å². The molecule has 1 amide bonds. The molecule has 1 unspecified atom stereocenters. The van der Waals surface area contributed by atoms with Gasteiger partial charge in [-0.2, -0.15) is 0 Å². The highest BCUT2D eigenvalue weighted by molar-refractivity contribution is 9.10. The van der Waals surface area contributed by atoms with Crippen molar-refractivity contribution in [2.75, 3.05) is 16.8 Å². The minimum atomic E-state index is -1.20. The fraction of sp³-hybridized carbons (Fsp3) is 0.417. The number of anilines is 2. The molecule has 0 aromatic heterocycles. The van der Waals surface area contributed by atoms with Crippen LogP contribution in [0, 0.1) is 0 Å². The van der Waals surface area contributed by atoms with E-state index in [0.29, 0.717) is 15.8 Å². The van der Waals surface area contributed by atoms with E-state index >= 15 is 0 Å². The van der Waals surface area contributed by atoms with E-state index in [1.807, 2.05) is 20.8 Å². The summed E-state index contributed by atoms with van der Waals surface area (Å²) < 4.78 is 12.1. The van der Waals surface area contributed by atoms with Crippen molar-refractivity contribution in [3.63, 3.8) is 0 Å². The molecule has 0 spiro atoms. The number of carbonyl (C=O) groups is 1. The number of halogens is 1. The maximum atomic E-state index is 11.8. The Balaban J connectivity index is 2.68. The maximum absolute atomic E-state index is 11.8. The van der Waals surface area contributed by atoms with Gasteiger partial charge in [0.25, 0.3) is 0 Å². The molecule has 100 valence electrons. The van der Waals surface area contributed by atoms with Crippen LogP contribution in [0.1, 0.15) is 20.8 Å². The number of hydrogen-bond acceptors (Lipinski definition) is 3. The van der Waals surface area contributed by atoms with Gasteiger partial charge in [-0.05, 0) is 54.9 Å². The summed E-state index contributed by atoms with van der Waals surface area (Å²) >= 11 is 3.31. The molecule has 3 N–H and O–H groups in total. The molecule has 0 aliphatic carbocycles. The molecule has 18 heavy (non-hydrogen) atoms. The van der Waals surface area contributed by atoms with Gasteiger partial charge in [-0.25, -0.2) is 0 Å². The number of nitrogens with one attached hydrogen (secondary N) is 1. The van der Waals surface area contributed by atoms with Gasteiger partial charge in [0.2, 0.25) is 5.91 Å². The minimum Gasteiger partial charge on any atom is -0.399 e. The third-order valence-electron chi connectivity index (χ3n) is 2.21. The van der Waals surface area contributed by atoms with Crippen LogP contribution in [-0.4, -0.2) is 20.6 Å². The van der Waals surface area contributed by atoms with Crippen LogP contribution in [0.3, 0.4) is 0 Å². The van der Waals surface area contributed by atoms with Crippen LogP contribution < -0.4 is 11.1 Å². The highest BCUT2D eigenvalue weighted by Gasteiger charge is 2.22. The topological polar surface area (TPSA) is 72.2 Å². The Kier molecular flexibility index (Phi) is 4.92. The van der Waals surface area contributed by atoms with Gasteiger partial charge in [0.15, 0.2) is 0 Å². The number of carbonyl (C=O) groups excluding carboxylic acids is 1. The van der Waals surface area contributed by atoms with Gasteiger partial charge in [0.05, 0.1) is 5.69 Å². The highest BCUT2D eigenvalue weighted by Crippen LogP contribution is 2.24. The summed E-state index contributed by atoms with van der Waals surface area (Å²) in [5.41, 5.74) is 6.84. The number of amides is 1. The molecule has 0 heterocycles. The first kappa shape index (κ1) is 15.2. The number of hydrogen-bond donors (Lipinski definition) is 2. The van der Waals surface area contributed by atoms with Crippen LogP contribution in [0.5, 0.6) is 0 Å². The molecule has 1 atom stereocenters. The first-order valence-corrected chi connectivity index (χ1v) is 7.54. The van der Waals surface area contributed by atoms with Gasteiger partial charge in [0.1, 0.15) is 5.75 Å². The molecule has 0 fully saturated rings. The van der Waals surface area contributed by atoms with Gasteiger partial charge in [-0.3, -0.25) is 9.00 Å². The zero-order chi connectivity index (χ0) is 13.9. The van der Waals surface area contributed by atoms with Crippen LogP contribution in [0.4, 0.5) is 11.4 Å². The van der Waals surface area contributed by atoms with E-state index in [1.165, 1.54) is 0 Å². The van der Waals surface area contributed by atoms with E-state index in [-0.39, 0.29) is 11.7 Å². The number of rotatable bonds is 3. The SMILES string of the molecule is CC(C)(C)S(=O)CC(=O)Nc1ccc(N)cc1Br. The van der Waals surface area contributed by atoms with E-state index in [0.717, 1.165) is 0 Å². The van der Waals surface area contributed by atoms with Crippen LogP contribution in [0.2, 0.25) is 0 Å². The average Bonchev–Trinajstić information content (AvgIpc) is 2.20. The van der Waals surface area contributed by atoms with Crippen molar-refractivity contribution in [3.05, 3.63) is 22.7 Å². The molecule has 0 radical (unpaired) electrons. The molecule has 0 saturated carbocycles. The Morgan fingerprint density at radius 2 is 2.06 bits per heavy atom.